The average Bonchev–Trinajstić information content (AvgIpc) is 2.84. The van der Waals surface area contributed by atoms with Gasteiger partial charge in [-0.1, -0.05) is 36.4 Å². The molecule has 0 saturated carbocycles. The van der Waals surface area contributed by atoms with E-state index in [0.717, 1.165) is 12.3 Å². The van der Waals surface area contributed by atoms with Crippen LogP contribution < -0.4 is 9.64 Å². The highest BCUT2D eigenvalue weighted by molar-refractivity contribution is 5.97. The van der Waals surface area contributed by atoms with Crippen molar-refractivity contribution < 1.29 is 32.9 Å². The topological polar surface area (TPSA) is 82.9 Å². The molecular weight excluding hydrogens is 449 g/mol. The summed E-state index contributed by atoms with van der Waals surface area (Å²) < 4.78 is 44.0. The molecule has 0 saturated heterocycles. The van der Waals surface area contributed by atoms with E-state index in [1.807, 2.05) is 0 Å². The van der Waals surface area contributed by atoms with Gasteiger partial charge in [0.2, 0.25) is 0 Å². The summed E-state index contributed by atoms with van der Waals surface area (Å²) in [6.07, 6.45) is -4.98. The predicted octanol–water partition coefficient (Wildman–Crippen LogP) is 4.23. The number of nitrogens with zero attached hydrogens (tertiary/aromatic N) is 2. The first-order valence-electron chi connectivity index (χ1n) is 10.8. The number of rotatable bonds is 6. The quantitative estimate of drug-likeness (QED) is 0.561. The highest BCUT2D eigenvalue weighted by Gasteiger charge is 2.32. The van der Waals surface area contributed by atoms with Crippen molar-refractivity contribution in [3.63, 3.8) is 0 Å². The fraction of sp³-hybridized carbons (Fsp3) is 0.280. The maximum absolute atomic E-state index is 13.3. The maximum Gasteiger partial charge on any atom is 0.433 e. The van der Waals surface area contributed by atoms with Gasteiger partial charge in [0.05, 0.1) is 12.7 Å². The van der Waals surface area contributed by atoms with Gasteiger partial charge in [-0.3, -0.25) is 9.78 Å². The number of halogens is 3. The molecule has 2 aromatic carbocycles. The molecule has 0 spiro atoms. The number of amides is 1. The van der Waals surface area contributed by atoms with Gasteiger partial charge in [0, 0.05) is 30.4 Å². The minimum absolute atomic E-state index is 0.0749. The number of aromatic nitrogens is 1. The van der Waals surface area contributed by atoms with E-state index in [4.69, 9.17) is 4.74 Å². The Morgan fingerprint density at radius 3 is 2.59 bits per heavy atom. The minimum Gasteiger partial charge on any atom is -0.493 e. The van der Waals surface area contributed by atoms with Gasteiger partial charge in [-0.25, -0.2) is 0 Å². The van der Waals surface area contributed by atoms with E-state index in [2.05, 4.69) is 4.98 Å². The van der Waals surface area contributed by atoms with Gasteiger partial charge in [-0.05, 0) is 41.8 Å². The Morgan fingerprint density at radius 1 is 1.15 bits per heavy atom. The van der Waals surface area contributed by atoms with Crippen LogP contribution in [0.2, 0.25) is 0 Å². The summed E-state index contributed by atoms with van der Waals surface area (Å²) in [5.74, 6) is -0.0808. The highest BCUT2D eigenvalue weighted by atomic mass is 19.4. The fourth-order valence-electron chi connectivity index (χ4n) is 3.80. The molecule has 0 aliphatic carbocycles. The number of aliphatic hydroxyl groups is 2. The maximum atomic E-state index is 13.3. The molecule has 34 heavy (non-hydrogen) atoms. The summed E-state index contributed by atoms with van der Waals surface area (Å²) in [7, 11) is 0. The second kappa shape index (κ2) is 9.82. The van der Waals surface area contributed by atoms with Crippen LogP contribution in [0.3, 0.4) is 0 Å². The van der Waals surface area contributed by atoms with Crippen molar-refractivity contribution in [2.45, 2.75) is 31.2 Å². The lowest BCUT2D eigenvalue weighted by Gasteiger charge is -2.28. The van der Waals surface area contributed by atoms with Crippen LogP contribution >= 0.6 is 0 Å². The van der Waals surface area contributed by atoms with Crippen LogP contribution in [0.4, 0.5) is 18.9 Å². The molecule has 0 bridgehead atoms. The third-order valence-corrected chi connectivity index (χ3v) is 5.67. The third kappa shape index (κ3) is 5.21. The molecule has 178 valence electrons. The van der Waals surface area contributed by atoms with Gasteiger partial charge in [0.15, 0.2) is 6.10 Å². The van der Waals surface area contributed by atoms with Crippen LogP contribution in [0.15, 0.2) is 66.9 Å². The van der Waals surface area contributed by atoms with Crippen molar-refractivity contribution in [1.82, 2.24) is 4.98 Å². The van der Waals surface area contributed by atoms with Crippen molar-refractivity contribution in [2.75, 3.05) is 18.1 Å². The van der Waals surface area contributed by atoms with Crippen LogP contribution in [-0.2, 0) is 17.4 Å². The number of pyridine rings is 1. The van der Waals surface area contributed by atoms with Crippen molar-refractivity contribution >= 4 is 11.6 Å². The van der Waals surface area contributed by atoms with Gasteiger partial charge in [-0.15, -0.1) is 0 Å². The molecule has 0 radical (unpaired) electrons. The van der Waals surface area contributed by atoms with Crippen molar-refractivity contribution in [1.29, 1.82) is 0 Å². The van der Waals surface area contributed by atoms with Crippen molar-refractivity contribution in [3.8, 4) is 5.75 Å². The molecular formula is C25H23F3N2O4. The van der Waals surface area contributed by atoms with Gasteiger partial charge in [0.25, 0.3) is 5.91 Å². The number of alkyl halides is 3. The first-order chi connectivity index (χ1) is 16.2. The summed E-state index contributed by atoms with van der Waals surface area (Å²) in [4.78, 5) is 18.1. The van der Waals surface area contributed by atoms with Crippen LogP contribution in [0.1, 0.15) is 41.0 Å². The number of anilines is 1. The van der Waals surface area contributed by atoms with E-state index >= 15 is 0 Å². The standard InChI is InChI=1S/C25H23F3N2O4/c26-25(27,28)22-9-6-16(15-29-22)10-12-30(24(33)23(32)17-4-2-1-3-5-17)18-7-8-21-19(14-18)20(31)11-13-34-21/h1-9,14-15,20,23,31-32H,10-13H2/t20?,23-/m0/s1. The van der Waals surface area contributed by atoms with Gasteiger partial charge in [0.1, 0.15) is 11.4 Å². The molecule has 1 unspecified atom stereocenters. The van der Waals surface area contributed by atoms with Crippen molar-refractivity contribution in [3.05, 3.63) is 89.2 Å². The number of benzene rings is 2. The Balaban J connectivity index is 1.61. The molecule has 1 aromatic heterocycles. The summed E-state index contributed by atoms with van der Waals surface area (Å²) in [6.45, 7) is 0.454. The number of ether oxygens (including phenoxy) is 1. The van der Waals surface area contributed by atoms with Gasteiger partial charge < -0.3 is 19.8 Å². The Hall–Kier alpha value is -3.43. The molecule has 2 heterocycles. The van der Waals surface area contributed by atoms with E-state index in [9.17, 15) is 28.2 Å². The molecule has 9 heteroatoms. The number of hydrogen-bond acceptors (Lipinski definition) is 5. The molecule has 6 nitrogen and oxygen atoms in total. The fourth-order valence-corrected chi connectivity index (χ4v) is 3.80. The van der Waals surface area contributed by atoms with Crippen LogP contribution in [0.5, 0.6) is 5.75 Å². The van der Waals surface area contributed by atoms with E-state index in [1.54, 1.807) is 48.5 Å². The van der Waals surface area contributed by atoms with E-state index in [1.165, 1.54) is 11.0 Å². The molecule has 1 amide bonds. The van der Waals surface area contributed by atoms with Gasteiger partial charge >= 0.3 is 6.18 Å². The lowest BCUT2D eigenvalue weighted by molar-refractivity contribution is -0.141. The number of carbonyl (C=O) groups excluding carboxylic acids is 1. The van der Waals surface area contributed by atoms with Crippen LogP contribution in [0.25, 0.3) is 0 Å². The normalized spacial score (nSPS) is 16.3. The molecule has 3 aromatic rings. The molecule has 1 aliphatic heterocycles. The van der Waals surface area contributed by atoms with Crippen molar-refractivity contribution in [2.24, 2.45) is 0 Å². The zero-order chi connectivity index (χ0) is 24.3. The smallest absolute Gasteiger partial charge is 0.433 e. The SMILES string of the molecule is O=C([C@@H](O)c1ccccc1)N(CCc1ccc(C(F)(F)F)nc1)c1ccc2c(c1)C(O)CCO2. The highest BCUT2D eigenvalue weighted by Crippen LogP contribution is 2.36. The second-order valence-electron chi connectivity index (χ2n) is 7.98. The molecule has 2 N–H and O–H groups in total. The first-order valence-corrected chi connectivity index (χ1v) is 10.8. The largest absolute Gasteiger partial charge is 0.493 e. The number of carbonyl (C=O) groups is 1. The second-order valence-corrected chi connectivity index (χ2v) is 7.98. The zero-order valence-electron chi connectivity index (χ0n) is 18.1. The van der Waals surface area contributed by atoms with Gasteiger partial charge in [-0.2, -0.15) is 13.2 Å². The Kier molecular flexibility index (Phi) is 6.85. The lowest BCUT2D eigenvalue weighted by Crippen LogP contribution is -2.37. The minimum atomic E-state index is -4.54. The lowest BCUT2D eigenvalue weighted by atomic mass is 10.0. The van der Waals surface area contributed by atoms with Crippen LogP contribution in [0, 0.1) is 0 Å². The van der Waals surface area contributed by atoms with E-state index in [-0.39, 0.29) is 13.0 Å². The number of hydrogen-bond donors (Lipinski definition) is 2. The van der Waals surface area contributed by atoms with E-state index < -0.39 is 30.0 Å². The molecule has 1 aliphatic rings. The van der Waals surface area contributed by atoms with Crippen LogP contribution in [-0.4, -0.2) is 34.3 Å². The summed E-state index contributed by atoms with van der Waals surface area (Å²) in [5, 5.41) is 21.1. The number of fused-ring (bicyclic) bond motifs is 1. The summed E-state index contributed by atoms with van der Waals surface area (Å²) >= 11 is 0. The van der Waals surface area contributed by atoms with E-state index in [0.29, 0.717) is 41.2 Å². The monoisotopic (exact) mass is 472 g/mol. The Bertz CT molecular complexity index is 1140. The molecule has 2 atom stereocenters. The third-order valence-electron chi connectivity index (χ3n) is 5.67. The zero-order valence-corrected chi connectivity index (χ0v) is 18.1. The summed E-state index contributed by atoms with van der Waals surface area (Å²) in [6, 6.07) is 15.6. The Labute approximate surface area is 194 Å². The molecule has 0 fully saturated rings. The summed E-state index contributed by atoms with van der Waals surface area (Å²) in [5.41, 5.74) is 0.888. The predicted molar refractivity (Wildman–Crippen MR) is 118 cm³/mol. The first kappa shape index (κ1) is 23.7. The molecule has 4 rings (SSSR count). The average molecular weight is 472 g/mol. The Morgan fingerprint density at radius 2 is 1.91 bits per heavy atom. The number of aliphatic hydroxyl groups excluding tert-OH is 2.